The van der Waals surface area contributed by atoms with Gasteiger partial charge in [-0.3, -0.25) is 0 Å². The van der Waals surface area contributed by atoms with E-state index in [-0.39, 0.29) is 0 Å². The van der Waals surface area contributed by atoms with E-state index >= 15 is 0 Å². The standard InChI is InChI=1S/C34H34Si/c1-2-3-14-28-23-25-33(26-24-28)35(31-18-9-5-10-19-31,32-20-11-6-12-21-32)34-22-13-17-30(34)27-29-15-7-4-8-16-29/h4-13,15-21,23-26H,2-3,14,22,27H2,1H3. The number of aryl methyl sites for hydroxylation is 1. The zero-order chi connectivity index (χ0) is 23.9. The highest BCUT2D eigenvalue weighted by molar-refractivity contribution is 7.16. The van der Waals surface area contributed by atoms with Crippen molar-refractivity contribution in [3.63, 3.8) is 0 Å². The number of rotatable bonds is 9. The molecular formula is C34H34Si. The molecular weight excluding hydrogens is 436 g/mol. The van der Waals surface area contributed by atoms with Gasteiger partial charge in [0, 0.05) is 0 Å². The van der Waals surface area contributed by atoms with Crippen LogP contribution in [0.3, 0.4) is 0 Å². The Hall–Kier alpha value is -3.42. The van der Waals surface area contributed by atoms with Crippen molar-refractivity contribution in [2.24, 2.45) is 0 Å². The Morgan fingerprint density at radius 3 is 1.71 bits per heavy atom. The minimum atomic E-state index is -2.44. The van der Waals surface area contributed by atoms with E-state index in [0.717, 1.165) is 19.3 Å². The molecule has 0 saturated heterocycles. The van der Waals surface area contributed by atoms with Crippen molar-refractivity contribution in [2.45, 2.75) is 39.0 Å². The summed E-state index contributed by atoms with van der Waals surface area (Å²) in [5.41, 5.74) is 4.32. The molecule has 1 aliphatic rings. The van der Waals surface area contributed by atoms with Crippen molar-refractivity contribution in [1.29, 1.82) is 0 Å². The molecule has 0 N–H and O–H groups in total. The van der Waals surface area contributed by atoms with Crippen LogP contribution in [0.1, 0.15) is 37.3 Å². The van der Waals surface area contributed by atoms with Gasteiger partial charge in [-0.15, -0.1) is 0 Å². The molecule has 0 atom stereocenters. The molecule has 1 heteroatoms. The molecule has 5 rings (SSSR count). The van der Waals surface area contributed by atoms with Crippen LogP contribution in [0.4, 0.5) is 0 Å². The summed E-state index contributed by atoms with van der Waals surface area (Å²) in [6.07, 6.45) is 10.4. The zero-order valence-corrected chi connectivity index (χ0v) is 21.7. The molecule has 0 aromatic heterocycles. The van der Waals surface area contributed by atoms with Gasteiger partial charge in [-0.2, -0.15) is 0 Å². The molecule has 0 unspecified atom stereocenters. The van der Waals surface area contributed by atoms with Crippen molar-refractivity contribution in [3.05, 3.63) is 149 Å². The summed E-state index contributed by atoms with van der Waals surface area (Å²) >= 11 is 0. The highest BCUT2D eigenvalue weighted by Gasteiger charge is 2.44. The Labute approximate surface area is 211 Å². The molecule has 1 aliphatic carbocycles. The van der Waals surface area contributed by atoms with Crippen LogP contribution in [-0.2, 0) is 12.8 Å². The second-order valence-corrected chi connectivity index (χ2v) is 13.4. The van der Waals surface area contributed by atoms with Gasteiger partial charge in [0.2, 0.25) is 0 Å². The SMILES string of the molecule is CCCCc1ccc([Si](C2=C(Cc3ccccc3)C=CC2)(c2ccccc2)c2ccccc2)cc1. The van der Waals surface area contributed by atoms with Gasteiger partial charge in [-0.05, 0) is 57.9 Å². The van der Waals surface area contributed by atoms with Crippen LogP contribution in [0.2, 0.25) is 0 Å². The molecule has 174 valence electrons. The summed E-state index contributed by atoms with van der Waals surface area (Å²) in [4.78, 5) is 0. The van der Waals surface area contributed by atoms with Crippen LogP contribution in [0, 0.1) is 0 Å². The minimum Gasteiger partial charge on any atom is -0.0805 e. The molecule has 0 nitrogen and oxygen atoms in total. The minimum absolute atomic E-state index is 0.982. The van der Waals surface area contributed by atoms with Gasteiger partial charge in [-0.1, -0.05) is 146 Å². The fourth-order valence-corrected chi connectivity index (χ4v) is 10.8. The van der Waals surface area contributed by atoms with E-state index in [4.69, 9.17) is 0 Å². The van der Waals surface area contributed by atoms with Crippen molar-refractivity contribution in [1.82, 2.24) is 0 Å². The van der Waals surface area contributed by atoms with Crippen LogP contribution in [-0.4, -0.2) is 8.07 Å². The number of hydrogen-bond acceptors (Lipinski definition) is 0. The second-order valence-electron chi connectivity index (χ2n) is 9.56. The lowest BCUT2D eigenvalue weighted by Gasteiger charge is -2.36. The van der Waals surface area contributed by atoms with Crippen LogP contribution < -0.4 is 15.6 Å². The maximum Gasteiger partial charge on any atom is 0.176 e. The number of benzene rings is 4. The van der Waals surface area contributed by atoms with Crippen LogP contribution >= 0.6 is 0 Å². The Kier molecular flexibility index (Phi) is 7.25. The van der Waals surface area contributed by atoms with Crippen LogP contribution in [0.25, 0.3) is 0 Å². The molecule has 0 aliphatic heterocycles. The van der Waals surface area contributed by atoms with Crippen molar-refractivity contribution >= 4 is 23.6 Å². The fourth-order valence-electron chi connectivity index (χ4n) is 5.63. The first-order valence-electron chi connectivity index (χ1n) is 13.0. The quantitative estimate of drug-likeness (QED) is 0.192. The average molecular weight is 471 g/mol. The Morgan fingerprint density at radius 2 is 1.14 bits per heavy atom. The van der Waals surface area contributed by atoms with Crippen molar-refractivity contribution in [2.75, 3.05) is 0 Å². The van der Waals surface area contributed by atoms with E-state index in [9.17, 15) is 0 Å². The van der Waals surface area contributed by atoms with E-state index in [1.54, 1.807) is 5.20 Å². The highest BCUT2D eigenvalue weighted by atomic mass is 28.3. The first-order chi connectivity index (χ1) is 17.3. The Bertz CT molecular complexity index is 1240. The second kappa shape index (κ2) is 10.9. The van der Waals surface area contributed by atoms with Crippen LogP contribution in [0.5, 0.6) is 0 Å². The van der Waals surface area contributed by atoms with Gasteiger partial charge >= 0.3 is 0 Å². The number of hydrogen-bond donors (Lipinski definition) is 0. The summed E-state index contributed by atoms with van der Waals surface area (Å²) in [5, 5.41) is 6.05. The normalized spacial score (nSPS) is 13.4. The van der Waals surface area contributed by atoms with E-state index < -0.39 is 8.07 Å². The van der Waals surface area contributed by atoms with E-state index in [2.05, 4.69) is 134 Å². The van der Waals surface area contributed by atoms with Gasteiger partial charge in [0.05, 0.1) is 0 Å². The third kappa shape index (κ3) is 4.74. The van der Waals surface area contributed by atoms with Gasteiger partial charge < -0.3 is 0 Å². The van der Waals surface area contributed by atoms with E-state index in [1.165, 1.54) is 45.1 Å². The third-order valence-corrected chi connectivity index (χ3v) is 12.4. The molecule has 0 spiro atoms. The zero-order valence-electron chi connectivity index (χ0n) is 20.7. The molecule has 35 heavy (non-hydrogen) atoms. The topological polar surface area (TPSA) is 0 Å². The molecule has 0 bridgehead atoms. The predicted octanol–water partition coefficient (Wildman–Crippen LogP) is 6.54. The first-order valence-corrected chi connectivity index (χ1v) is 15.0. The van der Waals surface area contributed by atoms with E-state index in [1.807, 2.05) is 0 Å². The maximum absolute atomic E-state index is 2.45. The lowest BCUT2D eigenvalue weighted by molar-refractivity contribution is 0.795. The molecule has 4 aromatic rings. The highest BCUT2D eigenvalue weighted by Crippen LogP contribution is 2.31. The first kappa shape index (κ1) is 23.3. The molecule has 4 aromatic carbocycles. The van der Waals surface area contributed by atoms with Crippen LogP contribution in [0.15, 0.2) is 138 Å². The van der Waals surface area contributed by atoms with Crippen molar-refractivity contribution < 1.29 is 0 Å². The lowest BCUT2D eigenvalue weighted by atomic mass is 10.1. The summed E-state index contributed by atoms with van der Waals surface area (Å²) in [6.45, 7) is 2.27. The van der Waals surface area contributed by atoms with Gasteiger partial charge in [0.1, 0.15) is 0 Å². The lowest BCUT2D eigenvalue weighted by Crippen LogP contribution is -2.68. The van der Waals surface area contributed by atoms with Gasteiger partial charge in [0.15, 0.2) is 8.07 Å². The molecule has 0 heterocycles. The smallest absolute Gasteiger partial charge is 0.0805 e. The summed E-state index contributed by atoms with van der Waals surface area (Å²) in [7, 11) is -2.44. The maximum atomic E-state index is 2.45. The largest absolute Gasteiger partial charge is 0.176 e. The monoisotopic (exact) mass is 470 g/mol. The summed E-state index contributed by atoms with van der Waals surface area (Å²) < 4.78 is 0. The molecule has 0 fully saturated rings. The fraction of sp³-hybridized carbons (Fsp3) is 0.176. The van der Waals surface area contributed by atoms with Crippen molar-refractivity contribution in [3.8, 4) is 0 Å². The van der Waals surface area contributed by atoms with Gasteiger partial charge in [0.25, 0.3) is 0 Å². The Morgan fingerprint density at radius 1 is 0.600 bits per heavy atom. The molecule has 0 amide bonds. The molecule has 0 saturated carbocycles. The third-order valence-electron chi connectivity index (χ3n) is 7.34. The molecule has 0 radical (unpaired) electrons. The average Bonchev–Trinajstić information content (AvgIpc) is 3.39. The van der Waals surface area contributed by atoms with E-state index in [0.29, 0.717) is 0 Å². The van der Waals surface area contributed by atoms with Gasteiger partial charge in [-0.25, -0.2) is 0 Å². The predicted molar refractivity (Wildman–Crippen MR) is 154 cm³/mol. The summed E-state index contributed by atoms with van der Waals surface area (Å²) in [6, 6.07) is 43.2. The Balaban J connectivity index is 1.75. The number of unbranched alkanes of at least 4 members (excludes halogenated alkanes) is 1. The summed E-state index contributed by atoms with van der Waals surface area (Å²) in [5.74, 6) is 0. The number of allylic oxidation sites excluding steroid dienone is 4.